The normalized spacial score (nSPS) is 15.0. The van der Waals surface area contributed by atoms with Gasteiger partial charge in [0, 0.05) is 31.8 Å². The molecule has 1 aliphatic rings. The summed E-state index contributed by atoms with van der Waals surface area (Å²) >= 11 is 0. The number of likely N-dealkylation sites (tertiary alicyclic amines) is 1. The second-order valence-corrected chi connectivity index (χ2v) is 7.65. The van der Waals surface area contributed by atoms with Crippen LogP contribution in [0.25, 0.3) is 10.9 Å². The number of pyridine rings is 1. The van der Waals surface area contributed by atoms with E-state index in [1.807, 2.05) is 36.9 Å². The summed E-state index contributed by atoms with van der Waals surface area (Å²) in [5.41, 5.74) is 8.20. The van der Waals surface area contributed by atoms with Gasteiger partial charge in [-0.25, -0.2) is 4.79 Å². The number of amides is 1. The Morgan fingerprint density at radius 3 is 2.59 bits per heavy atom. The van der Waals surface area contributed by atoms with Crippen LogP contribution in [0.2, 0.25) is 0 Å². The Kier molecular flexibility index (Phi) is 6.25. The van der Waals surface area contributed by atoms with Gasteiger partial charge >= 0.3 is 5.97 Å². The van der Waals surface area contributed by atoms with E-state index in [-0.39, 0.29) is 30.1 Å². The number of esters is 1. The minimum absolute atomic E-state index is 0.000875. The molecule has 2 aromatic rings. The number of benzene rings is 1. The van der Waals surface area contributed by atoms with Crippen molar-refractivity contribution in [2.75, 3.05) is 25.4 Å². The maximum absolute atomic E-state index is 12.4. The van der Waals surface area contributed by atoms with E-state index in [4.69, 9.17) is 15.2 Å². The van der Waals surface area contributed by atoms with E-state index in [9.17, 15) is 9.59 Å². The Morgan fingerprint density at radius 2 is 1.97 bits per heavy atom. The molecule has 0 atom stereocenters. The van der Waals surface area contributed by atoms with Gasteiger partial charge in [0.05, 0.1) is 28.9 Å². The van der Waals surface area contributed by atoms with Crippen molar-refractivity contribution >= 4 is 28.5 Å². The number of carbonyl (C=O) groups excluding carboxylic acids is 2. The first-order chi connectivity index (χ1) is 13.8. The van der Waals surface area contributed by atoms with Gasteiger partial charge in [0.2, 0.25) is 5.91 Å². The van der Waals surface area contributed by atoms with Crippen molar-refractivity contribution in [1.29, 1.82) is 0 Å². The Labute approximate surface area is 171 Å². The number of anilines is 1. The first kappa shape index (κ1) is 20.9. The van der Waals surface area contributed by atoms with Crippen molar-refractivity contribution in [2.24, 2.45) is 5.92 Å². The number of aromatic nitrogens is 1. The number of rotatable bonds is 5. The van der Waals surface area contributed by atoms with Gasteiger partial charge in [-0.1, -0.05) is 19.9 Å². The molecule has 1 aromatic carbocycles. The lowest BCUT2D eigenvalue weighted by Crippen LogP contribution is -2.43. The molecule has 2 N–H and O–H groups in total. The summed E-state index contributed by atoms with van der Waals surface area (Å²) < 4.78 is 11.4. The molecule has 2 heterocycles. The van der Waals surface area contributed by atoms with E-state index >= 15 is 0 Å². The average Bonchev–Trinajstić information content (AvgIpc) is 2.68. The molecule has 1 fully saturated rings. The maximum Gasteiger partial charge on any atom is 0.342 e. The maximum atomic E-state index is 12.4. The summed E-state index contributed by atoms with van der Waals surface area (Å²) in [5.74, 6) is 0.302. The minimum atomic E-state index is -0.479. The largest absolute Gasteiger partial charge is 0.490 e. The number of nitrogens with two attached hydrogens (primary N) is 1. The average molecular weight is 399 g/mol. The summed E-state index contributed by atoms with van der Waals surface area (Å²) in [6.07, 6.45) is 1.47. The first-order valence-electron chi connectivity index (χ1n) is 10.1. The first-order valence-corrected chi connectivity index (χ1v) is 10.1. The lowest BCUT2D eigenvalue weighted by molar-refractivity contribution is -0.136. The fourth-order valence-corrected chi connectivity index (χ4v) is 3.74. The molecule has 0 unspecified atom stereocenters. The van der Waals surface area contributed by atoms with Crippen molar-refractivity contribution in [3.63, 3.8) is 0 Å². The summed E-state index contributed by atoms with van der Waals surface area (Å²) in [7, 11) is 0. The van der Waals surface area contributed by atoms with Gasteiger partial charge in [0.15, 0.2) is 0 Å². The van der Waals surface area contributed by atoms with Gasteiger partial charge in [0.1, 0.15) is 17.4 Å². The number of ether oxygens (including phenoxy) is 2. The van der Waals surface area contributed by atoms with Crippen LogP contribution in [0.1, 0.15) is 49.7 Å². The number of hydrogen-bond donors (Lipinski definition) is 1. The fourth-order valence-electron chi connectivity index (χ4n) is 3.74. The molecule has 0 aliphatic carbocycles. The molecule has 1 amide bonds. The number of fused-ring (bicyclic) bond motifs is 1. The Balaban J connectivity index is 1.86. The zero-order valence-corrected chi connectivity index (χ0v) is 17.5. The van der Waals surface area contributed by atoms with E-state index in [1.54, 1.807) is 13.8 Å². The highest BCUT2D eigenvalue weighted by Crippen LogP contribution is 2.35. The smallest absolute Gasteiger partial charge is 0.342 e. The summed E-state index contributed by atoms with van der Waals surface area (Å²) in [5, 5.41) is 0.627. The van der Waals surface area contributed by atoms with Crippen molar-refractivity contribution in [1.82, 2.24) is 9.88 Å². The number of aryl methyl sites for hydroxylation is 1. The zero-order valence-electron chi connectivity index (χ0n) is 17.5. The molecular weight excluding hydrogens is 370 g/mol. The monoisotopic (exact) mass is 399 g/mol. The second kappa shape index (κ2) is 8.68. The molecule has 1 aromatic heterocycles. The van der Waals surface area contributed by atoms with Gasteiger partial charge in [-0.15, -0.1) is 0 Å². The van der Waals surface area contributed by atoms with Crippen molar-refractivity contribution in [3.05, 3.63) is 29.5 Å². The Hall–Kier alpha value is -2.83. The minimum Gasteiger partial charge on any atom is -0.490 e. The van der Waals surface area contributed by atoms with Crippen molar-refractivity contribution in [2.45, 2.75) is 46.6 Å². The van der Waals surface area contributed by atoms with E-state index in [0.29, 0.717) is 41.1 Å². The Bertz CT molecular complexity index is 918. The highest BCUT2D eigenvalue weighted by Gasteiger charge is 2.26. The number of piperidine rings is 1. The lowest BCUT2D eigenvalue weighted by Gasteiger charge is -2.33. The Morgan fingerprint density at radius 1 is 1.28 bits per heavy atom. The van der Waals surface area contributed by atoms with E-state index < -0.39 is 5.97 Å². The predicted octanol–water partition coefficient (Wildman–Crippen LogP) is 3.33. The van der Waals surface area contributed by atoms with Gasteiger partial charge < -0.3 is 20.1 Å². The van der Waals surface area contributed by atoms with Crippen LogP contribution in [-0.2, 0) is 9.53 Å². The third kappa shape index (κ3) is 4.28. The highest BCUT2D eigenvalue weighted by molar-refractivity contribution is 6.07. The van der Waals surface area contributed by atoms with Crippen LogP contribution in [0.3, 0.4) is 0 Å². The van der Waals surface area contributed by atoms with Crippen LogP contribution >= 0.6 is 0 Å². The van der Waals surface area contributed by atoms with Crippen LogP contribution in [0.4, 0.5) is 5.69 Å². The zero-order chi connectivity index (χ0) is 21.1. The molecule has 1 aliphatic heterocycles. The quantitative estimate of drug-likeness (QED) is 0.775. The molecule has 1 saturated heterocycles. The van der Waals surface area contributed by atoms with E-state index in [0.717, 1.165) is 12.8 Å². The molecule has 156 valence electrons. The topological polar surface area (TPSA) is 94.8 Å². The summed E-state index contributed by atoms with van der Waals surface area (Å²) in [4.78, 5) is 31.0. The number of nitrogens with zero attached hydrogens (tertiary/aromatic N) is 2. The third-order valence-corrected chi connectivity index (χ3v) is 5.21. The number of nitrogen functional groups attached to an aromatic ring is 1. The highest BCUT2D eigenvalue weighted by atomic mass is 16.5. The molecular formula is C22H29N3O4. The van der Waals surface area contributed by atoms with Gasteiger partial charge in [-0.3, -0.25) is 9.78 Å². The summed E-state index contributed by atoms with van der Waals surface area (Å²) in [6, 6.07) is 5.56. The molecule has 29 heavy (non-hydrogen) atoms. The lowest BCUT2D eigenvalue weighted by atomic mass is 10.0. The molecule has 0 bridgehead atoms. The molecule has 0 radical (unpaired) electrons. The molecule has 0 spiro atoms. The standard InChI is InChI=1S/C22H29N3O4/c1-5-28-22(27)18-14(4)24-16-7-6-8-17(19(16)20(18)23)29-15-9-11-25(12-10-15)21(26)13(2)3/h6-8,13,15H,5,9-12H2,1-4H3,(H2,23,24). The number of carbonyl (C=O) groups is 2. The summed E-state index contributed by atoms with van der Waals surface area (Å²) in [6.45, 7) is 8.95. The van der Waals surface area contributed by atoms with Crippen molar-refractivity contribution in [3.8, 4) is 5.75 Å². The van der Waals surface area contributed by atoms with Crippen molar-refractivity contribution < 1.29 is 19.1 Å². The molecule has 0 saturated carbocycles. The van der Waals surface area contributed by atoms with Gasteiger partial charge in [-0.05, 0) is 26.0 Å². The van der Waals surface area contributed by atoms with Crippen LogP contribution < -0.4 is 10.5 Å². The molecule has 3 rings (SSSR count). The second-order valence-electron chi connectivity index (χ2n) is 7.65. The van der Waals surface area contributed by atoms with Crippen LogP contribution in [0, 0.1) is 12.8 Å². The van der Waals surface area contributed by atoms with Crippen LogP contribution in [0.5, 0.6) is 5.75 Å². The molecule has 7 heteroatoms. The van der Waals surface area contributed by atoms with Crippen LogP contribution in [0.15, 0.2) is 18.2 Å². The SMILES string of the molecule is CCOC(=O)c1c(C)nc2cccc(OC3CCN(C(=O)C(C)C)CC3)c2c1N. The van der Waals surface area contributed by atoms with E-state index in [2.05, 4.69) is 4.98 Å². The van der Waals surface area contributed by atoms with E-state index in [1.165, 1.54) is 0 Å². The van der Waals surface area contributed by atoms with Crippen LogP contribution in [-0.4, -0.2) is 47.6 Å². The predicted molar refractivity (Wildman–Crippen MR) is 112 cm³/mol. The fraction of sp³-hybridized carbons (Fsp3) is 0.500. The third-order valence-electron chi connectivity index (χ3n) is 5.21. The number of hydrogen-bond acceptors (Lipinski definition) is 6. The van der Waals surface area contributed by atoms with Gasteiger partial charge in [-0.2, -0.15) is 0 Å². The molecule has 7 nitrogen and oxygen atoms in total. The van der Waals surface area contributed by atoms with Gasteiger partial charge in [0.25, 0.3) is 0 Å².